The second-order valence-electron chi connectivity index (χ2n) is 6.19. The monoisotopic (exact) mass is 341 g/mol. The van der Waals surface area contributed by atoms with Crippen molar-refractivity contribution in [3.8, 4) is 11.5 Å². The quantitative estimate of drug-likeness (QED) is 0.739. The van der Waals surface area contributed by atoms with Gasteiger partial charge < -0.3 is 14.8 Å². The molecule has 0 aliphatic carbocycles. The van der Waals surface area contributed by atoms with Gasteiger partial charge in [-0.25, -0.2) is 0 Å². The maximum Gasteiger partial charge on any atom is 0.261 e. The van der Waals surface area contributed by atoms with E-state index in [1.165, 1.54) is 0 Å². The fourth-order valence-corrected chi connectivity index (χ4v) is 2.48. The third-order valence-electron chi connectivity index (χ3n) is 4.03. The van der Waals surface area contributed by atoms with Crippen LogP contribution in [0, 0.1) is 20.8 Å². The minimum absolute atomic E-state index is 0.114. The summed E-state index contributed by atoms with van der Waals surface area (Å²) in [5.74, 6) is 1.49. The first kappa shape index (κ1) is 18.8. The van der Waals surface area contributed by atoms with Gasteiger partial charge in [-0.1, -0.05) is 37.3 Å². The summed E-state index contributed by atoms with van der Waals surface area (Å²) in [6, 6.07) is 13.8. The molecule has 2 rings (SSSR count). The number of aryl methyl sites for hydroxylation is 3. The van der Waals surface area contributed by atoms with Gasteiger partial charge in [-0.2, -0.15) is 0 Å². The van der Waals surface area contributed by atoms with Crippen LogP contribution in [0.4, 0.5) is 0 Å². The Hall–Kier alpha value is -2.49. The van der Waals surface area contributed by atoms with E-state index in [4.69, 9.17) is 9.47 Å². The van der Waals surface area contributed by atoms with Gasteiger partial charge in [-0.05, 0) is 56.0 Å². The normalized spacial score (nSPS) is 11.7. The van der Waals surface area contributed by atoms with Gasteiger partial charge in [-0.3, -0.25) is 4.79 Å². The topological polar surface area (TPSA) is 47.6 Å². The Morgan fingerprint density at radius 1 is 1.04 bits per heavy atom. The van der Waals surface area contributed by atoms with Gasteiger partial charge >= 0.3 is 0 Å². The fourth-order valence-electron chi connectivity index (χ4n) is 2.48. The lowest BCUT2D eigenvalue weighted by Crippen LogP contribution is -2.39. The third kappa shape index (κ3) is 5.52. The fraction of sp³-hybridized carbons (Fsp3) is 0.381. The lowest BCUT2D eigenvalue weighted by Gasteiger charge is -2.19. The average Bonchev–Trinajstić information content (AvgIpc) is 2.60. The molecule has 0 aliphatic rings. The Morgan fingerprint density at radius 2 is 1.76 bits per heavy atom. The summed E-state index contributed by atoms with van der Waals surface area (Å²) in [6.07, 6.45) is 0.108. The van der Waals surface area contributed by atoms with E-state index in [2.05, 4.69) is 5.32 Å². The SMILES string of the molecule is CC[C@H](Oc1cc(C)ccc1C)C(=O)NCCOc1ccccc1C. The van der Waals surface area contributed by atoms with Crippen molar-refractivity contribution >= 4 is 5.91 Å². The van der Waals surface area contributed by atoms with E-state index in [0.717, 1.165) is 28.2 Å². The summed E-state index contributed by atoms with van der Waals surface area (Å²) in [7, 11) is 0. The van der Waals surface area contributed by atoms with Crippen LogP contribution in [0.15, 0.2) is 42.5 Å². The maximum absolute atomic E-state index is 12.4. The second-order valence-corrected chi connectivity index (χ2v) is 6.19. The number of ether oxygens (including phenoxy) is 2. The Bertz CT molecular complexity index is 712. The predicted molar refractivity (Wildman–Crippen MR) is 100 cm³/mol. The molecule has 0 heterocycles. The molecule has 4 heteroatoms. The van der Waals surface area contributed by atoms with Crippen molar-refractivity contribution in [2.75, 3.05) is 13.2 Å². The molecule has 2 aromatic carbocycles. The number of rotatable bonds is 8. The van der Waals surface area contributed by atoms with E-state index in [1.807, 2.05) is 70.2 Å². The first-order valence-corrected chi connectivity index (χ1v) is 8.71. The minimum Gasteiger partial charge on any atom is -0.491 e. The summed E-state index contributed by atoms with van der Waals surface area (Å²) < 4.78 is 11.6. The van der Waals surface area contributed by atoms with E-state index in [1.54, 1.807) is 0 Å². The van der Waals surface area contributed by atoms with Crippen LogP contribution >= 0.6 is 0 Å². The minimum atomic E-state index is -0.501. The lowest BCUT2D eigenvalue weighted by atomic mass is 10.1. The molecule has 0 fully saturated rings. The Kier molecular flexibility index (Phi) is 6.87. The van der Waals surface area contributed by atoms with Gasteiger partial charge in [0.05, 0.1) is 6.54 Å². The predicted octanol–water partition coefficient (Wildman–Crippen LogP) is 3.96. The highest BCUT2D eigenvalue weighted by atomic mass is 16.5. The zero-order chi connectivity index (χ0) is 18.2. The molecule has 4 nitrogen and oxygen atoms in total. The van der Waals surface area contributed by atoms with E-state index >= 15 is 0 Å². The highest BCUT2D eigenvalue weighted by Crippen LogP contribution is 2.21. The van der Waals surface area contributed by atoms with Crippen LogP contribution in [0.25, 0.3) is 0 Å². The molecule has 0 bridgehead atoms. The van der Waals surface area contributed by atoms with Gasteiger partial charge in [-0.15, -0.1) is 0 Å². The largest absolute Gasteiger partial charge is 0.491 e. The zero-order valence-electron chi connectivity index (χ0n) is 15.5. The third-order valence-corrected chi connectivity index (χ3v) is 4.03. The standard InChI is InChI=1S/C21H27NO3/c1-5-18(25-20-14-15(2)10-11-17(20)4)21(23)22-12-13-24-19-9-7-6-8-16(19)3/h6-11,14,18H,5,12-13H2,1-4H3,(H,22,23)/t18-/m0/s1. The van der Waals surface area contributed by atoms with E-state index in [-0.39, 0.29) is 5.91 Å². The van der Waals surface area contributed by atoms with Crippen molar-refractivity contribution in [3.63, 3.8) is 0 Å². The maximum atomic E-state index is 12.4. The molecule has 1 atom stereocenters. The highest BCUT2D eigenvalue weighted by Gasteiger charge is 2.18. The summed E-state index contributed by atoms with van der Waals surface area (Å²) in [4.78, 5) is 12.4. The molecule has 1 N–H and O–H groups in total. The average molecular weight is 341 g/mol. The Labute approximate surface area is 150 Å². The van der Waals surface area contributed by atoms with Gasteiger partial charge in [0.15, 0.2) is 6.10 Å². The first-order chi connectivity index (χ1) is 12.0. The number of carbonyl (C=O) groups is 1. The number of amides is 1. The summed E-state index contributed by atoms with van der Waals surface area (Å²) in [5, 5.41) is 2.89. The smallest absolute Gasteiger partial charge is 0.261 e. The number of nitrogens with one attached hydrogen (secondary N) is 1. The first-order valence-electron chi connectivity index (χ1n) is 8.71. The molecule has 134 valence electrons. The van der Waals surface area contributed by atoms with Crippen molar-refractivity contribution in [2.45, 2.75) is 40.2 Å². The molecular formula is C21H27NO3. The number of carbonyl (C=O) groups excluding carboxylic acids is 1. The molecule has 0 saturated carbocycles. The molecule has 2 aromatic rings. The van der Waals surface area contributed by atoms with Crippen molar-refractivity contribution < 1.29 is 14.3 Å². The van der Waals surface area contributed by atoms with Crippen LogP contribution in [0.1, 0.15) is 30.0 Å². The number of para-hydroxylation sites is 1. The lowest BCUT2D eigenvalue weighted by molar-refractivity contribution is -0.128. The van der Waals surface area contributed by atoms with E-state index in [0.29, 0.717) is 19.6 Å². The van der Waals surface area contributed by atoms with Crippen molar-refractivity contribution in [2.24, 2.45) is 0 Å². The van der Waals surface area contributed by atoms with Crippen LogP contribution in [0.3, 0.4) is 0 Å². The van der Waals surface area contributed by atoms with E-state index in [9.17, 15) is 4.79 Å². The van der Waals surface area contributed by atoms with Crippen molar-refractivity contribution in [1.82, 2.24) is 5.32 Å². The van der Waals surface area contributed by atoms with Crippen molar-refractivity contribution in [1.29, 1.82) is 0 Å². The molecule has 0 spiro atoms. The Morgan fingerprint density at radius 3 is 2.48 bits per heavy atom. The van der Waals surface area contributed by atoms with Crippen LogP contribution in [-0.4, -0.2) is 25.2 Å². The summed E-state index contributed by atoms with van der Waals surface area (Å²) >= 11 is 0. The van der Waals surface area contributed by atoms with Gasteiger partial charge in [0.2, 0.25) is 0 Å². The molecular weight excluding hydrogens is 314 g/mol. The molecule has 25 heavy (non-hydrogen) atoms. The number of benzene rings is 2. The summed E-state index contributed by atoms with van der Waals surface area (Å²) in [5.41, 5.74) is 3.22. The zero-order valence-corrected chi connectivity index (χ0v) is 15.5. The molecule has 0 radical (unpaired) electrons. The van der Waals surface area contributed by atoms with Crippen LogP contribution in [0.2, 0.25) is 0 Å². The van der Waals surface area contributed by atoms with Gasteiger partial charge in [0, 0.05) is 0 Å². The molecule has 0 aliphatic heterocycles. The second kappa shape index (κ2) is 9.11. The molecule has 0 aromatic heterocycles. The molecule has 0 saturated heterocycles. The Balaban J connectivity index is 1.83. The van der Waals surface area contributed by atoms with E-state index < -0.39 is 6.10 Å². The van der Waals surface area contributed by atoms with Crippen LogP contribution in [0.5, 0.6) is 11.5 Å². The molecule has 1 amide bonds. The van der Waals surface area contributed by atoms with Crippen LogP contribution in [-0.2, 0) is 4.79 Å². The van der Waals surface area contributed by atoms with Gasteiger partial charge in [0.1, 0.15) is 18.1 Å². The number of hydrogen-bond acceptors (Lipinski definition) is 3. The summed E-state index contributed by atoms with van der Waals surface area (Å²) in [6.45, 7) is 8.81. The highest BCUT2D eigenvalue weighted by molar-refractivity contribution is 5.81. The number of hydrogen-bond donors (Lipinski definition) is 1. The van der Waals surface area contributed by atoms with Crippen LogP contribution < -0.4 is 14.8 Å². The van der Waals surface area contributed by atoms with Crippen molar-refractivity contribution in [3.05, 3.63) is 59.2 Å². The van der Waals surface area contributed by atoms with Gasteiger partial charge in [0.25, 0.3) is 5.91 Å². The molecule has 0 unspecified atom stereocenters.